The minimum absolute atomic E-state index is 0.396. The Morgan fingerprint density at radius 3 is 2.82 bits per heavy atom. The highest BCUT2D eigenvalue weighted by molar-refractivity contribution is 5.77. The summed E-state index contributed by atoms with van der Waals surface area (Å²) < 4.78 is 4.51. The topological polar surface area (TPSA) is 58.6 Å². The number of methoxy groups -OCH3 is 1. The van der Waals surface area contributed by atoms with Crippen LogP contribution in [-0.2, 0) is 9.53 Å². The number of nitrogens with one attached hydrogen (secondary N) is 1. The van der Waals surface area contributed by atoms with Crippen LogP contribution in [0.15, 0.2) is 0 Å². The molecule has 1 heterocycles. The third-order valence-corrected chi connectivity index (χ3v) is 2.04. The van der Waals surface area contributed by atoms with Gasteiger partial charge in [-0.1, -0.05) is 0 Å². The largest absolute Gasteiger partial charge is 0.468 e. The van der Waals surface area contributed by atoms with Gasteiger partial charge in [0.25, 0.3) is 0 Å². The van der Waals surface area contributed by atoms with Crippen molar-refractivity contribution < 1.29 is 14.6 Å². The minimum atomic E-state index is -0.951. The summed E-state index contributed by atoms with van der Waals surface area (Å²) in [5.41, 5.74) is -0.951. The first-order valence-electron chi connectivity index (χ1n) is 3.61. The average molecular weight is 159 g/mol. The van der Waals surface area contributed by atoms with Crippen molar-refractivity contribution in [3.05, 3.63) is 0 Å². The van der Waals surface area contributed by atoms with E-state index in [1.165, 1.54) is 7.11 Å². The highest BCUT2D eigenvalue weighted by Crippen LogP contribution is 2.20. The van der Waals surface area contributed by atoms with Gasteiger partial charge in [0.2, 0.25) is 0 Å². The van der Waals surface area contributed by atoms with Gasteiger partial charge in [-0.2, -0.15) is 0 Å². The first-order chi connectivity index (χ1) is 5.08. The lowest BCUT2D eigenvalue weighted by atomic mass is 9.98. The monoisotopic (exact) mass is 159 g/mol. The zero-order valence-electron chi connectivity index (χ0n) is 6.76. The van der Waals surface area contributed by atoms with Crippen LogP contribution in [0, 0.1) is 0 Å². The number of hydrogen-bond acceptors (Lipinski definition) is 4. The number of aliphatic hydroxyl groups is 1. The van der Waals surface area contributed by atoms with Gasteiger partial charge < -0.3 is 15.2 Å². The van der Waals surface area contributed by atoms with Crippen molar-refractivity contribution in [3.63, 3.8) is 0 Å². The molecule has 1 aliphatic heterocycles. The Labute approximate surface area is 65.5 Å². The molecule has 11 heavy (non-hydrogen) atoms. The molecule has 2 atom stereocenters. The van der Waals surface area contributed by atoms with Crippen LogP contribution in [0.4, 0.5) is 0 Å². The number of rotatable bonds is 1. The molecule has 0 amide bonds. The van der Waals surface area contributed by atoms with Gasteiger partial charge in [0.05, 0.1) is 12.7 Å². The van der Waals surface area contributed by atoms with Gasteiger partial charge in [0.15, 0.2) is 0 Å². The molecule has 0 radical (unpaired) electrons. The van der Waals surface area contributed by atoms with E-state index in [0.29, 0.717) is 13.0 Å². The maximum Gasteiger partial charge on any atom is 0.325 e. The first kappa shape index (κ1) is 8.49. The Morgan fingerprint density at radius 2 is 2.45 bits per heavy atom. The molecule has 0 aromatic carbocycles. The van der Waals surface area contributed by atoms with E-state index in [0.717, 1.165) is 0 Å². The fraction of sp³-hybridized carbons (Fsp3) is 0.857. The summed E-state index contributed by atoms with van der Waals surface area (Å²) in [6.07, 6.45) is 0.590. The maximum atomic E-state index is 11.0. The third kappa shape index (κ3) is 1.52. The van der Waals surface area contributed by atoms with Gasteiger partial charge in [-0.3, -0.25) is 4.79 Å². The molecule has 0 bridgehead atoms. The van der Waals surface area contributed by atoms with Crippen molar-refractivity contribution in [2.75, 3.05) is 13.7 Å². The molecule has 1 aliphatic rings. The highest BCUT2D eigenvalue weighted by Gasteiger charge is 2.42. The van der Waals surface area contributed by atoms with Crippen molar-refractivity contribution in [2.45, 2.75) is 25.0 Å². The average Bonchev–Trinajstić information content (AvgIpc) is 2.28. The van der Waals surface area contributed by atoms with Gasteiger partial charge in [-0.15, -0.1) is 0 Å². The molecule has 0 unspecified atom stereocenters. The smallest absolute Gasteiger partial charge is 0.325 e. The van der Waals surface area contributed by atoms with Crippen LogP contribution < -0.4 is 5.32 Å². The lowest BCUT2D eigenvalue weighted by Crippen LogP contribution is -2.46. The molecular weight excluding hydrogens is 146 g/mol. The zero-order chi connectivity index (χ0) is 8.48. The lowest BCUT2D eigenvalue weighted by molar-refractivity contribution is -0.147. The van der Waals surface area contributed by atoms with Crippen LogP contribution in [0.5, 0.6) is 0 Å². The Morgan fingerprint density at radius 1 is 1.82 bits per heavy atom. The van der Waals surface area contributed by atoms with Crippen LogP contribution >= 0.6 is 0 Å². The molecule has 4 heteroatoms. The van der Waals surface area contributed by atoms with Crippen molar-refractivity contribution >= 4 is 5.97 Å². The number of ether oxygens (including phenoxy) is 1. The first-order valence-corrected chi connectivity index (χ1v) is 3.61. The van der Waals surface area contributed by atoms with E-state index < -0.39 is 17.6 Å². The molecule has 0 saturated carbocycles. The van der Waals surface area contributed by atoms with Crippen LogP contribution in [-0.4, -0.2) is 36.4 Å². The molecule has 2 N–H and O–H groups in total. The molecule has 1 rings (SSSR count). The molecule has 0 spiro atoms. The summed E-state index contributed by atoms with van der Waals surface area (Å²) in [4.78, 5) is 11.0. The summed E-state index contributed by atoms with van der Waals surface area (Å²) in [7, 11) is 1.32. The van der Waals surface area contributed by atoms with Gasteiger partial charge in [0, 0.05) is 0 Å². The molecule has 4 nitrogen and oxygen atoms in total. The second-order valence-electron chi connectivity index (χ2n) is 3.02. The lowest BCUT2D eigenvalue weighted by Gasteiger charge is -2.22. The second-order valence-corrected chi connectivity index (χ2v) is 3.02. The van der Waals surface area contributed by atoms with Gasteiger partial charge in [0.1, 0.15) is 6.04 Å². The van der Waals surface area contributed by atoms with Crippen molar-refractivity contribution in [1.82, 2.24) is 5.32 Å². The fourth-order valence-electron chi connectivity index (χ4n) is 1.29. The van der Waals surface area contributed by atoms with Crippen LogP contribution in [0.3, 0.4) is 0 Å². The Balaban J connectivity index is 2.64. The van der Waals surface area contributed by atoms with E-state index in [1.807, 2.05) is 0 Å². The van der Waals surface area contributed by atoms with Crippen molar-refractivity contribution in [2.24, 2.45) is 0 Å². The third-order valence-electron chi connectivity index (χ3n) is 2.04. The number of carbonyl (C=O) groups is 1. The summed E-state index contributed by atoms with van der Waals surface area (Å²) in [5, 5.41) is 12.5. The summed E-state index contributed by atoms with van der Waals surface area (Å²) in [5.74, 6) is -0.396. The normalized spacial score (nSPS) is 37.2. The molecule has 1 saturated heterocycles. The number of carbonyl (C=O) groups excluding carboxylic acids is 1. The Bertz CT molecular complexity index is 167. The highest BCUT2D eigenvalue weighted by atomic mass is 16.5. The van der Waals surface area contributed by atoms with Gasteiger partial charge >= 0.3 is 5.97 Å². The van der Waals surface area contributed by atoms with E-state index in [2.05, 4.69) is 10.1 Å². The molecule has 0 aromatic rings. The summed E-state index contributed by atoms with van der Waals surface area (Å²) in [6, 6.07) is -0.563. The van der Waals surface area contributed by atoms with E-state index >= 15 is 0 Å². The predicted octanol–water partition coefficient (Wildman–Crippen LogP) is -0.728. The molecular formula is C7H13NO3. The van der Waals surface area contributed by atoms with E-state index in [9.17, 15) is 9.90 Å². The molecule has 0 aliphatic carbocycles. The fourth-order valence-corrected chi connectivity index (χ4v) is 1.29. The number of esters is 1. The van der Waals surface area contributed by atoms with E-state index in [4.69, 9.17) is 0 Å². The van der Waals surface area contributed by atoms with Crippen LogP contribution in [0.1, 0.15) is 13.3 Å². The van der Waals surface area contributed by atoms with Gasteiger partial charge in [-0.05, 0) is 19.9 Å². The van der Waals surface area contributed by atoms with Gasteiger partial charge in [-0.25, -0.2) is 0 Å². The van der Waals surface area contributed by atoms with E-state index in [1.54, 1.807) is 6.92 Å². The molecule has 64 valence electrons. The molecule has 0 aromatic heterocycles. The quantitative estimate of drug-likeness (QED) is 0.495. The SMILES string of the molecule is COC(=O)[C@H]1NCC[C@@]1(C)O. The van der Waals surface area contributed by atoms with Crippen molar-refractivity contribution in [3.8, 4) is 0 Å². The maximum absolute atomic E-state index is 11.0. The van der Waals surface area contributed by atoms with Crippen molar-refractivity contribution in [1.29, 1.82) is 0 Å². The summed E-state index contributed by atoms with van der Waals surface area (Å²) in [6.45, 7) is 2.29. The molecule has 1 fully saturated rings. The summed E-state index contributed by atoms with van der Waals surface area (Å²) >= 11 is 0. The number of hydrogen-bond donors (Lipinski definition) is 2. The predicted molar refractivity (Wildman–Crippen MR) is 39.0 cm³/mol. The van der Waals surface area contributed by atoms with Crippen LogP contribution in [0.25, 0.3) is 0 Å². The minimum Gasteiger partial charge on any atom is -0.468 e. The zero-order valence-corrected chi connectivity index (χ0v) is 6.76. The van der Waals surface area contributed by atoms with E-state index in [-0.39, 0.29) is 0 Å². The Hall–Kier alpha value is -0.610. The standard InChI is InChI=1S/C7H13NO3/c1-7(10)3-4-8-5(7)6(9)11-2/h5,8,10H,3-4H2,1-2H3/t5-,7-/m1/s1. The second kappa shape index (κ2) is 2.79. The van der Waals surface area contributed by atoms with Crippen LogP contribution in [0.2, 0.25) is 0 Å². The Kier molecular flexibility index (Phi) is 2.15.